The molecule has 5 heteroatoms. The van der Waals surface area contributed by atoms with Gasteiger partial charge in [0.25, 0.3) is 0 Å². The maximum atomic E-state index is 9.73. The molecule has 1 atom stereocenters. The molecule has 0 bridgehead atoms. The lowest BCUT2D eigenvalue weighted by molar-refractivity contribution is 0.461. The average Bonchev–Trinajstić information content (AvgIpc) is 2.78. The first-order chi connectivity index (χ1) is 15.1. The molecule has 2 heterocycles. The third-order valence-corrected chi connectivity index (χ3v) is 6.53. The largest absolute Gasteiger partial charge is 0.383 e. The van der Waals surface area contributed by atoms with E-state index in [2.05, 4.69) is 53.6 Å². The molecule has 4 rings (SSSR count). The maximum absolute atomic E-state index is 9.73. The van der Waals surface area contributed by atoms with Crippen LogP contribution >= 0.6 is 11.6 Å². The Hall–Kier alpha value is -2.87. The van der Waals surface area contributed by atoms with Gasteiger partial charge in [0.1, 0.15) is 11.9 Å². The number of halogens is 1. The van der Waals surface area contributed by atoms with Gasteiger partial charge in [0.2, 0.25) is 0 Å². The van der Waals surface area contributed by atoms with Crippen molar-refractivity contribution in [1.82, 2.24) is 10.3 Å². The zero-order valence-electron chi connectivity index (χ0n) is 17.8. The van der Waals surface area contributed by atoms with Crippen LogP contribution < -0.4 is 11.1 Å². The van der Waals surface area contributed by atoms with Gasteiger partial charge in [-0.2, -0.15) is 5.26 Å². The van der Waals surface area contributed by atoms with Crippen molar-refractivity contribution >= 4 is 17.4 Å². The number of anilines is 1. The number of aryl methyl sites for hydroxylation is 3. The number of hydrogen-bond donors (Lipinski definition) is 2. The molecule has 1 saturated heterocycles. The molecule has 1 aromatic heterocycles. The van der Waals surface area contributed by atoms with E-state index in [0.717, 1.165) is 71.7 Å². The topological polar surface area (TPSA) is 74.7 Å². The molecule has 0 radical (unpaired) electrons. The fourth-order valence-corrected chi connectivity index (χ4v) is 4.78. The Balaban J connectivity index is 1.75. The highest BCUT2D eigenvalue weighted by Crippen LogP contribution is 2.35. The highest BCUT2D eigenvalue weighted by Gasteiger charge is 2.23. The summed E-state index contributed by atoms with van der Waals surface area (Å²) < 4.78 is 0. The number of aromatic nitrogens is 1. The summed E-state index contributed by atoms with van der Waals surface area (Å²) in [6, 6.07) is 18.7. The summed E-state index contributed by atoms with van der Waals surface area (Å²) in [4.78, 5) is 4.67. The molecule has 2 aromatic carbocycles. The highest BCUT2D eigenvalue weighted by atomic mass is 35.5. The van der Waals surface area contributed by atoms with Gasteiger partial charge in [-0.1, -0.05) is 48.0 Å². The standard InChI is InChI=1S/C26H27ClN4/c1-17-6-4-8-19(12-11-18-7-2-3-10-23(18)27)25(17)24-14-21(20-9-5-13-30-16-20)22(15-28)26(29)31-24/h2-4,6-8,10,14,20,30H,5,9,11-13,16H2,1H3,(H2,29,31). The summed E-state index contributed by atoms with van der Waals surface area (Å²) in [5.74, 6) is 0.601. The minimum Gasteiger partial charge on any atom is -0.383 e. The second-order valence-corrected chi connectivity index (χ2v) is 8.62. The van der Waals surface area contributed by atoms with Crippen LogP contribution in [-0.2, 0) is 12.8 Å². The van der Waals surface area contributed by atoms with Gasteiger partial charge in [-0.05, 0) is 79.5 Å². The van der Waals surface area contributed by atoms with Gasteiger partial charge in [-0.3, -0.25) is 0 Å². The lowest BCUT2D eigenvalue weighted by Crippen LogP contribution is -2.29. The summed E-state index contributed by atoms with van der Waals surface area (Å²) in [5.41, 5.74) is 13.3. The van der Waals surface area contributed by atoms with Crippen molar-refractivity contribution in [1.29, 1.82) is 5.26 Å². The SMILES string of the molecule is Cc1cccc(CCc2ccccc2Cl)c1-c1cc(C2CCCNC2)c(C#N)c(N)n1. The third kappa shape index (κ3) is 4.58. The molecule has 31 heavy (non-hydrogen) atoms. The minimum absolute atomic E-state index is 0.281. The van der Waals surface area contributed by atoms with Crippen LogP contribution in [0.4, 0.5) is 5.82 Å². The van der Waals surface area contributed by atoms with Crippen molar-refractivity contribution in [2.45, 2.75) is 38.5 Å². The van der Waals surface area contributed by atoms with Crippen LogP contribution in [0.2, 0.25) is 5.02 Å². The number of pyridine rings is 1. The Bertz CT molecular complexity index is 1130. The molecule has 0 spiro atoms. The molecule has 158 valence electrons. The number of piperidine rings is 1. The van der Waals surface area contributed by atoms with E-state index in [-0.39, 0.29) is 5.92 Å². The summed E-state index contributed by atoms with van der Waals surface area (Å²) in [7, 11) is 0. The zero-order valence-corrected chi connectivity index (χ0v) is 18.5. The van der Waals surface area contributed by atoms with E-state index >= 15 is 0 Å². The Morgan fingerprint density at radius 3 is 2.68 bits per heavy atom. The smallest absolute Gasteiger partial charge is 0.142 e. The number of nitrogens with zero attached hydrogens (tertiary/aromatic N) is 2. The number of rotatable bonds is 5. The average molecular weight is 431 g/mol. The molecule has 1 fully saturated rings. The van der Waals surface area contributed by atoms with Crippen LogP contribution in [-0.4, -0.2) is 18.1 Å². The van der Waals surface area contributed by atoms with Crippen LogP contribution in [0.15, 0.2) is 48.5 Å². The van der Waals surface area contributed by atoms with Crippen LogP contribution in [0, 0.1) is 18.3 Å². The van der Waals surface area contributed by atoms with E-state index in [1.807, 2.05) is 18.2 Å². The minimum atomic E-state index is 0.281. The number of hydrogen-bond acceptors (Lipinski definition) is 4. The van der Waals surface area contributed by atoms with E-state index in [1.54, 1.807) is 0 Å². The molecular formula is C26H27ClN4. The fourth-order valence-electron chi connectivity index (χ4n) is 4.55. The van der Waals surface area contributed by atoms with Gasteiger partial charge in [-0.15, -0.1) is 0 Å². The van der Waals surface area contributed by atoms with E-state index in [1.165, 1.54) is 5.56 Å². The van der Waals surface area contributed by atoms with Crippen LogP contribution in [0.5, 0.6) is 0 Å². The summed E-state index contributed by atoms with van der Waals surface area (Å²) in [6.45, 7) is 3.99. The van der Waals surface area contributed by atoms with Crippen molar-refractivity contribution in [3.63, 3.8) is 0 Å². The van der Waals surface area contributed by atoms with Crippen LogP contribution in [0.25, 0.3) is 11.3 Å². The Kier molecular flexibility index (Phi) is 6.56. The first-order valence-corrected chi connectivity index (χ1v) is 11.2. The van der Waals surface area contributed by atoms with Gasteiger partial charge in [-0.25, -0.2) is 4.98 Å². The first-order valence-electron chi connectivity index (χ1n) is 10.8. The van der Waals surface area contributed by atoms with E-state index in [0.29, 0.717) is 11.4 Å². The fraction of sp³-hybridized carbons (Fsp3) is 0.308. The van der Waals surface area contributed by atoms with Crippen LogP contribution in [0.1, 0.15) is 46.6 Å². The number of benzene rings is 2. The van der Waals surface area contributed by atoms with Crippen LogP contribution in [0.3, 0.4) is 0 Å². The molecule has 1 aliphatic rings. The summed E-state index contributed by atoms with van der Waals surface area (Å²) in [6.07, 6.45) is 3.85. The Morgan fingerprint density at radius 2 is 1.94 bits per heavy atom. The quantitative estimate of drug-likeness (QED) is 0.567. The molecule has 0 aliphatic carbocycles. The summed E-state index contributed by atoms with van der Waals surface area (Å²) >= 11 is 6.37. The van der Waals surface area contributed by atoms with Gasteiger partial charge < -0.3 is 11.1 Å². The molecule has 1 aliphatic heterocycles. The molecule has 0 amide bonds. The van der Waals surface area contributed by atoms with Gasteiger partial charge in [0, 0.05) is 17.1 Å². The molecule has 0 saturated carbocycles. The number of nitriles is 1. The number of nitrogen functional groups attached to an aromatic ring is 1. The normalized spacial score (nSPS) is 16.1. The van der Waals surface area contributed by atoms with E-state index in [9.17, 15) is 5.26 Å². The summed E-state index contributed by atoms with van der Waals surface area (Å²) in [5, 5.41) is 14.0. The Morgan fingerprint density at radius 1 is 1.16 bits per heavy atom. The molecular weight excluding hydrogens is 404 g/mol. The third-order valence-electron chi connectivity index (χ3n) is 6.16. The van der Waals surface area contributed by atoms with E-state index < -0.39 is 0 Å². The molecule has 4 nitrogen and oxygen atoms in total. The van der Waals surface area contributed by atoms with Gasteiger partial charge in [0.05, 0.1) is 11.3 Å². The van der Waals surface area contributed by atoms with Crippen molar-refractivity contribution in [3.8, 4) is 17.3 Å². The predicted octanol–water partition coefficient (Wildman–Crippen LogP) is 5.42. The van der Waals surface area contributed by atoms with Crippen molar-refractivity contribution < 1.29 is 0 Å². The van der Waals surface area contributed by atoms with Crippen molar-refractivity contribution in [3.05, 3.63) is 81.4 Å². The number of nitrogens with two attached hydrogens (primary N) is 1. The zero-order chi connectivity index (χ0) is 21.8. The molecule has 3 aromatic rings. The van der Waals surface area contributed by atoms with Crippen molar-refractivity contribution in [2.75, 3.05) is 18.8 Å². The highest BCUT2D eigenvalue weighted by molar-refractivity contribution is 6.31. The van der Waals surface area contributed by atoms with Gasteiger partial charge in [0.15, 0.2) is 0 Å². The lowest BCUT2D eigenvalue weighted by atomic mass is 9.86. The number of nitrogens with one attached hydrogen (secondary N) is 1. The first kappa shape index (κ1) is 21.4. The Labute approximate surface area is 189 Å². The molecule has 1 unspecified atom stereocenters. The second-order valence-electron chi connectivity index (χ2n) is 8.21. The lowest BCUT2D eigenvalue weighted by Gasteiger charge is -2.25. The maximum Gasteiger partial charge on any atom is 0.142 e. The molecule has 3 N–H and O–H groups in total. The van der Waals surface area contributed by atoms with Gasteiger partial charge >= 0.3 is 0 Å². The monoisotopic (exact) mass is 430 g/mol. The van der Waals surface area contributed by atoms with Crippen molar-refractivity contribution in [2.24, 2.45) is 0 Å². The predicted molar refractivity (Wildman–Crippen MR) is 127 cm³/mol. The van der Waals surface area contributed by atoms with E-state index in [4.69, 9.17) is 17.3 Å². The second kappa shape index (κ2) is 9.51.